The van der Waals surface area contributed by atoms with Gasteiger partial charge in [-0.25, -0.2) is 9.78 Å². The molecule has 2 heterocycles. The van der Waals surface area contributed by atoms with Gasteiger partial charge >= 0.3 is 6.03 Å². The zero-order valence-electron chi connectivity index (χ0n) is 18.4. The number of thiazole rings is 1. The summed E-state index contributed by atoms with van der Waals surface area (Å²) in [6, 6.07) is 22.5. The summed E-state index contributed by atoms with van der Waals surface area (Å²) in [7, 11) is 0. The fourth-order valence-corrected chi connectivity index (χ4v) is 5.06. The van der Waals surface area contributed by atoms with Crippen LogP contribution in [0.5, 0.6) is 0 Å². The molecular weight excluding hydrogens is 448 g/mol. The number of fused-ring (bicyclic) bond motifs is 1. The molecule has 1 aromatic heterocycles. The number of carbonyl (C=O) groups excluding carboxylic acids is 3. The highest BCUT2D eigenvalue weighted by Gasteiger charge is 2.51. The van der Waals surface area contributed by atoms with Crippen molar-refractivity contribution in [3.8, 4) is 11.3 Å². The van der Waals surface area contributed by atoms with E-state index in [2.05, 4.69) is 15.6 Å². The maximum Gasteiger partial charge on any atom is 0.325 e. The molecule has 0 aliphatic carbocycles. The summed E-state index contributed by atoms with van der Waals surface area (Å²) in [6.07, 6.45) is 0.376. The second kappa shape index (κ2) is 8.72. The van der Waals surface area contributed by atoms with Crippen molar-refractivity contribution in [1.29, 1.82) is 0 Å². The topological polar surface area (TPSA) is 91.4 Å². The van der Waals surface area contributed by atoms with Gasteiger partial charge in [0.15, 0.2) is 5.13 Å². The predicted octanol–water partition coefficient (Wildman–Crippen LogP) is 4.76. The van der Waals surface area contributed by atoms with E-state index >= 15 is 0 Å². The molecule has 5 rings (SSSR count). The van der Waals surface area contributed by atoms with Crippen LogP contribution in [0.2, 0.25) is 0 Å². The molecule has 1 atom stereocenters. The van der Waals surface area contributed by atoms with Crippen molar-refractivity contribution >= 4 is 45.1 Å². The summed E-state index contributed by atoms with van der Waals surface area (Å²) in [6.45, 7) is 1.45. The zero-order chi connectivity index (χ0) is 23.7. The molecule has 0 spiro atoms. The van der Waals surface area contributed by atoms with E-state index in [9.17, 15) is 14.4 Å². The van der Waals surface area contributed by atoms with Crippen LogP contribution in [0, 0.1) is 0 Å². The zero-order valence-corrected chi connectivity index (χ0v) is 19.3. The lowest BCUT2D eigenvalue weighted by Crippen LogP contribution is -2.44. The normalized spacial score (nSPS) is 17.7. The van der Waals surface area contributed by atoms with Crippen molar-refractivity contribution in [2.75, 3.05) is 11.9 Å². The molecule has 3 aromatic carbocycles. The second-order valence-corrected chi connectivity index (χ2v) is 8.92. The van der Waals surface area contributed by atoms with Gasteiger partial charge in [-0.1, -0.05) is 79.7 Å². The Labute approximate surface area is 200 Å². The highest BCUT2D eigenvalue weighted by Crippen LogP contribution is 2.33. The van der Waals surface area contributed by atoms with Crippen molar-refractivity contribution in [1.82, 2.24) is 15.2 Å². The number of nitrogens with zero attached hydrogens (tertiary/aromatic N) is 2. The number of carbonyl (C=O) groups is 3. The van der Waals surface area contributed by atoms with Crippen LogP contribution in [0.1, 0.15) is 18.9 Å². The van der Waals surface area contributed by atoms with Crippen LogP contribution in [-0.4, -0.2) is 34.3 Å². The molecule has 1 aliphatic heterocycles. The number of hydrogen-bond acceptors (Lipinski definition) is 5. The minimum Gasteiger partial charge on any atom is -0.319 e. The molecule has 1 aliphatic rings. The smallest absolute Gasteiger partial charge is 0.319 e. The first-order valence-corrected chi connectivity index (χ1v) is 11.8. The van der Waals surface area contributed by atoms with Crippen LogP contribution in [0.15, 0.2) is 78.2 Å². The van der Waals surface area contributed by atoms with Crippen molar-refractivity contribution in [2.45, 2.75) is 18.9 Å². The van der Waals surface area contributed by atoms with E-state index in [-0.39, 0.29) is 6.54 Å². The van der Waals surface area contributed by atoms with Gasteiger partial charge in [0.25, 0.3) is 5.91 Å². The second-order valence-electron chi connectivity index (χ2n) is 8.06. The average molecular weight is 471 g/mol. The first kappa shape index (κ1) is 21.8. The van der Waals surface area contributed by atoms with Crippen LogP contribution < -0.4 is 10.6 Å². The van der Waals surface area contributed by atoms with E-state index in [1.165, 1.54) is 11.3 Å². The number of benzene rings is 3. The molecule has 1 saturated heterocycles. The first-order chi connectivity index (χ1) is 16.5. The maximum atomic E-state index is 13.2. The van der Waals surface area contributed by atoms with E-state index < -0.39 is 23.4 Å². The summed E-state index contributed by atoms with van der Waals surface area (Å²) < 4.78 is 0. The van der Waals surface area contributed by atoms with Crippen LogP contribution in [0.4, 0.5) is 9.93 Å². The summed E-state index contributed by atoms with van der Waals surface area (Å²) in [5, 5.41) is 9.98. The standard InChI is InChI=1S/C26H22N4O3S/c1-2-26(18-11-4-3-5-12-18)23(32)30(25(33)29-26)15-22(31)28-24-27-21(16-34-24)20-14-8-10-17-9-6-7-13-19(17)20/h3-14,16H,2,15H2,1H3,(H,29,33)(H,27,28,31). The Bertz CT molecular complexity index is 1400. The quantitative estimate of drug-likeness (QED) is 0.398. The molecule has 2 N–H and O–H groups in total. The predicted molar refractivity (Wildman–Crippen MR) is 132 cm³/mol. The fraction of sp³-hybridized carbons (Fsp3) is 0.154. The molecule has 4 amide bonds. The van der Waals surface area contributed by atoms with Gasteiger partial charge < -0.3 is 10.6 Å². The van der Waals surface area contributed by atoms with Gasteiger partial charge in [0.1, 0.15) is 12.1 Å². The van der Waals surface area contributed by atoms with Crippen LogP contribution in [-0.2, 0) is 15.1 Å². The number of urea groups is 1. The van der Waals surface area contributed by atoms with Gasteiger partial charge in [0.05, 0.1) is 5.69 Å². The molecule has 8 heteroatoms. The molecule has 0 saturated carbocycles. The van der Waals surface area contributed by atoms with Crippen molar-refractivity contribution in [3.05, 3.63) is 83.7 Å². The van der Waals surface area contributed by atoms with Gasteiger partial charge in [0, 0.05) is 10.9 Å². The molecule has 1 fully saturated rings. The molecule has 4 aromatic rings. The molecule has 0 radical (unpaired) electrons. The lowest BCUT2D eigenvalue weighted by Gasteiger charge is -2.25. The Kier molecular flexibility index (Phi) is 5.59. The number of amides is 4. The highest BCUT2D eigenvalue weighted by molar-refractivity contribution is 7.14. The van der Waals surface area contributed by atoms with E-state index in [4.69, 9.17) is 0 Å². The Morgan fingerprint density at radius 1 is 1.03 bits per heavy atom. The first-order valence-electron chi connectivity index (χ1n) is 10.9. The number of anilines is 1. The number of hydrogen-bond donors (Lipinski definition) is 2. The van der Waals surface area contributed by atoms with E-state index in [1.54, 1.807) is 12.1 Å². The monoisotopic (exact) mass is 470 g/mol. The van der Waals surface area contributed by atoms with Gasteiger partial charge in [0.2, 0.25) is 5.91 Å². The van der Waals surface area contributed by atoms with Crippen LogP contribution in [0.25, 0.3) is 22.0 Å². The van der Waals surface area contributed by atoms with E-state index in [1.807, 2.05) is 73.0 Å². The minimum absolute atomic E-state index is 0.376. The van der Waals surface area contributed by atoms with Crippen molar-refractivity contribution in [3.63, 3.8) is 0 Å². The van der Waals surface area contributed by atoms with E-state index in [0.29, 0.717) is 17.1 Å². The third-order valence-corrected chi connectivity index (χ3v) is 6.85. The van der Waals surface area contributed by atoms with Crippen molar-refractivity contribution in [2.24, 2.45) is 0 Å². The molecule has 7 nitrogen and oxygen atoms in total. The number of imide groups is 1. The largest absolute Gasteiger partial charge is 0.325 e. The SMILES string of the molecule is CCC1(c2ccccc2)NC(=O)N(CC(=O)Nc2nc(-c3cccc4ccccc34)cs2)C1=O. The average Bonchev–Trinajstić information content (AvgIpc) is 3.42. The lowest BCUT2D eigenvalue weighted by atomic mass is 9.87. The number of nitrogens with one attached hydrogen (secondary N) is 2. The van der Waals surface area contributed by atoms with Crippen LogP contribution in [0.3, 0.4) is 0 Å². The van der Waals surface area contributed by atoms with Gasteiger partial charge in [-0.2, -0.15) is 0 Å². The Balaban J connectivity index is 1.32. The lowest BCUT2D eigenvalue weighted by molar-refractivity contribution is -0.134. The molecular formula is C26H22N4O3S. The fourth-order valence-electron chi connectivity index (χ4n) is 4.34. The Morgan fingerprint density at radius 3 is 2.56 bits per heavy atom. The molecule has 1 unspecified atom stereocenters. The third kappa shape index (κ3) is 3.72. The van der Waals surface area contributed by atoms with Gasteiger partial charge in [-0.05, 0) is 22.8 Å². The highest BCUT2D eigenvalue weighted by atomic mass is 32.1. The Hall–Kier alpha value is -4.04. The summed E-state index contributed by atoms with van der Waals surface area (Å²) >= 11 is 1.29. The summed E-state index contributed by atoms with van der Waals surface area (Å²) in [4.78, 5) is 44.1. The molecule has 170 valence electrons. The van der Waals surface area contributed by atoms with E-state index in [0.717, 1.165) is 26.9 Å². The van der Waals surface area contributed by atoms with Gasteiger partial charge in [-0.15, -0.1) is 11.3 Å². The summed E-state index contributed by atoms with van der Waals surface area (Å²) in [5.74, 6) is -0.917. The van der Waals surface area contributed by atoms with Crippen molar-refractivity contribution < 1.29 is 14.4 Å². The van der Waals surface area contributed by atoms with Gasteiger partial charge in [-0.3, -0.25) is 14.5 Å². The summed E-state index contributed by atoms with van der Waals surface area (Å²) in [5.41, 5.74) is 1.25. The minimum atomic E-state index is -1.17. The third-order valence-electron chi connectivity index (χ3n) is 6.09. The Morgan fingerprint density at radius 2 is 1.76 bits per heavy atom. The number of rotatable bonds is 6. The molecule has 0 bridgehead atoms. The molecule has 34 heavy (non-hydrogen) atoms. The van der Waals surface area contributed by atoms with Crippen LogP contribution >= 0.6 is 11.3 Å². The number of aromatic nitrogens is 1. The maximum absolute atomic E-state index is 13.2.